The number of hydrogen-bond donors (Lipinski definition) is 0. The van der Waals surface area contributed by atoms with E-state index in [4.69, 9.17) is 27.9 Å². The minimum atomic E-state index is -0.144. The summed E-state index contributed by atoms with van der Waals surface area (Å²) in [5.74, 6) is 0.869. The molecule has 0 spiro atoms. The van der Waals surface area contributed by atoms with Gasteiger partial charge in [-0.2, -0.15) is 0 Å². The molecular weight excluding hydrogens is 307 g/mol. The van der Waals surface area contributed by atoms with E-state index in [0.717, 1.165) is 60.9 Å². The molecule has 0 bridgehead atoms. The van der Waals surface area contributed by atoms with Crippen molar-refractivity contribution in [2.24, 2.45) is 0 Å². The molecule has 116 valence electrons. The number of rotatable bonds is 8. The van der Waals surface area contributed by atoms with Gasteiger partial charge in [0.25, 0.3) is 0 Å². The number of imidazole rings is 1. The quantitative estimate of drug-likeness (QED) is 0.492. The van der Waals surface area contributed by atoms with Gasteiger partial charge in [-0.05, 0) is 31.9 Å². The van der Waals surface area contributed by atoms with Gasteiger partial charge in [-0.15, -0.1) is 11.6 Å². The first-order valence-corrected chi connectivity index (χ1v) is 8.33. The summed E-state index contributed by atoms with van der Waals surface area (Å²) in [7, 11) is 0. The van der Waals surface area contributed by atoms with E-state index in [0.29, 0.717) is 0 Å². The lowest BCUT2D eigenvalue weighted by Crippen LogP contribution is -2.08. The summed E-state index contributed by atoms with van der Waals surface area (Å²) < 4.78 is 7.74. The number of hydrogen-bond acceptors (Lipinski definition) is 2. The maximum atomic E-state index is 6.33. The number of nitrogens with zero attached hydrogens (tertiary/aromatic N) is 2. The summed E-state index contributed by atoms with van der Waals surface area (Å²) in [6.45, 7) is 6.50. The highest BCUT2D eigenvalue weighted by molar-refractivity contribution is 6.35. The zero-order valence-corrected chi connectivity index (χ0v) is 14.1. The monoisotopic (exact) mass is 328 g/mol. The summed E-state index contributed by atoms with van der Waals surface area (Å²) in [4.78, 5) is 4.61. The first-order chi connectivity index (χ1) is 10.1. The molecule has 1 unspecified atom stereocenters. The Bertz CT molecular complexity index is 581. The van der Waals surface area contributed by atoms with Crippen LogP contribution >= 0.6 is 23.2 Å². The van der Waals surface area contributed by atoms with Gasteiger partial charge in [0.05, 0.1) is 21.4 Å². The SMILES string of the molecule is CCCCOCCCn1c(C(C)Cl)nc2cccc(Cl)c21. The van der Waals surface area contributed by atoms with E-state index < -0.39 is 0 Å². The Morgan fingerprint density at radius 2 is 2.05 bits per heavy atom. The van der Waals surface area contributed by atoms with E-state index >= 15 is 0 Å². The first kappa shape index (κ1) is 16.6. The van der Waals surface area contributed by atoms with E-state index in [1.807, 2.05) is 25.1 Å². The van der Waals surface area contributed by atoms with Gasteiger partial charge in [-0.1, -0.05) is 31.0 Å². The molecule has 3 nitrogen and oxygen atoms in total. The van der Waals surface area contributed by atoms with Crippen LogP contribution in [0.1, 0.15) is 44.3 Å². The van der Waals surface area contributed by atoms with Crippen LogP contribution in [-0.2, 0) is 11.3 Å². The topological polar surface area (TPSA) is 27.1 Å². The Hall–Kier alpha value is -0.770. The van der Waals surface area contributed by atoms with Crippen molar-refractivity contribution < 1.29 is 4.74 Å². The van der Waals surface area contributed by atoms with Crippen molar-refractivity contribution >= 4 is 34.2 Å². The van der Waals surface area contributed by atoms with E-state index in [2.05, 4.69) is 16.5 Å². The second-order valence-corrected chi connectivity index (χ2v) is 6.23. The standard InChI is InChI=1S/C16H22Cl2N2O/c1-3-4-10-21-11-6-9-20-15-13(18)7-5-8-14(15)19-16(20)12(2)17/h5,7-8,12H,3-4,6,9-11H2,1-2H3. The molecule has 2 aromatic rings. The van der Waals surface area contributed by atoms with Crippen molar-refractivity contribution in [3.63, 3.8) is 0 Å². The average Bonchev–Trinajstić information content (AvgIpc) is 2.83. The van der Waals surface area contributed by atoms with Crippen molar-refractivity contribution in [2.75, 3.05) is 13.2 Å². The lowest BCUT2D eigenvalue weighted by Gasteiger charge is -2.11. The molecule has 1 aromatic heterocycles. The molecule has 1 heterocycles. The number of aryl methyl sites for hydroxylation is 1. The Kier molecular flexibility index (Phi) is 6.34. The van der Waals surface area contributed by atoms with E-state index in [1.165, 1.54) is 0 Å². The Balaban J connectivity index is 2.11. The number of para-hydroxylation sites is 1. The minimum Gasteiger partial charge on any atom is -0.381 e. The zero-order valence-electron chi connectivity index (χ0n) is 12.6. The van der Waals surface area contributed by atoms with Crippen molar-refractivity contribution in [1.29, 1.82) is 0 Å². The molecular formula is C16H22Cl2N2O. The highest BCUT2D eigenvalue weighted by Gasteiger charge is 2.16. The van der Waals surface area contributed by atoms with Gasteiger partial charge in [-0.25, -0.2) is 4.98 Å². The third kappa shape index (κ3) is 4.12. The third-order valence-electron chi connectivity index (χ3n) is 3.42. The average molecular weight is 329 g/mol. The lowest BCUT2D eigenvalue weighted by atomic mass is 10.3. The fourth-order valence-electron chi connectivity index (χ4n) is 2.36. The van der Waals surface area contributed by atoms with Crippen LogP contribution in [0.25, 0.3) is 11.0 Å². The summed E-state index contributed by atoms with van der Waals surface area (Å²) in [5, 5.41) is 0.574. The lowest BCUT2D eigenvalue weighted by molar-refractivity contribution is 0.126. The van der Waals surface area contributed by atoms with Gasteiger partial charge in [0.15, 0.2) is 0 Å². The van der Waals surface area contributed by atoms with Gasteiger partial charge in [0, 0.05) is 19.8 Å². The first-order valence-electron chi connectivity index (χ1n) is 7.51. The summed E-state index contributed by atoms with van der Waals surface area (Å²) in [6.07, 6.45) is 3.20. The van der Waals surface area contributed by atoms with E-state index in [9.17, 15) is 0 Å². The van der Waals surface area contributed by atoms with Gasteiger partial charge < -0.3 is 9.30 Å². The molecule has 0 saturated carbocycles. The second-order valence-electron chi connectivity index (χ2n) is 5.16. The predicted octanol–water partition coefficient (Wildman–Crippen LogP) is 5.20. The van der Waals surface area contributed by atoms with E-state index in [1.54, 1.807) is 0 Å². The maximum absolute atomic E-state index is 6.33. The molecule has 1 atom stereocenters. The zero-order chi connectivity index (χ0) is 15.2. The van der Waals surface area contributed by atoms with Crippen LogP contribution in [0.5, 0.6) is 0 Å². The minimum absolute atomic E-state index is 0.144. The number of ether oxygens (including phenoxy) is 1. The van der Waals surface area contributed by atoms with Crippen molar-refractivity contribution in [3.05, 3.63) is 29.0 Å². The normalized spacial score (nSPS) is 13.0. The fourth-order valence-corrected chi connectivity index (χ4v) is 2.80. The van der Waals surface area contributed by atoms with Crippen LogP contribution in [-0.4, -0.2) is 22.8 Å². The van der Waals surface area contributed by atoms with Crippen LogP contribution in [0.3, 0.4) is 0 Å². The Labute approximate surface area is 136 Å². The van der Waals surface area contributed by atoms with Crippen molar-refractivity contribution in [1.82, 2.24) is 9.55 Å². The van der Waals surface area contributed by atoms with Crippen LogP contribution in [0.15, 0.2) is 18.2 Å². The highest BCUT2D eigenvalue weighted by atomic mass is 35.5. The molecule has 0 amide bonds. The molecule has 1 aromatic carbocycles. The third-order valence-corrected chi connectivity index (χ3v) is 3.92. The number of alkyl halides is 1. The summed E-state index contributed by atoms with van der Waals surface area (Å²) in [6, 6.07) is 5.78. The largest absolute Gasteiger partial charge is 0.381 e. The summed E-state index contributed by atoms with van der Waals surface area (Å²) in [5.41, 5.74) is 1.87. The van der Waals surface area contributed by atoms with Crippen LogP contribution in [0, 0.1) is 0 Å². The molecule has 2 rings (SSSR count). The van der Waals surface area contributed by atoms with Crippen LogP contribution < -0.4 is 0 Å². The smallest absolute Gasteiger partial charge is 0.127 e. The van der Waals surface area contributed by atoms with Gasteiger partial charge in [-0.3, -0.25) is 0 Å². The number of benzene rings is 1. The number of aromatic nitrogens is 2. The maximum Gasteiger partial charge on any atom is 0.127 e. The molecule has 0 radical (unpaired) electrons. The number of halogens is 2. The molecule has 0 saturated heterocycles. The second kappa shape index (κ2) is 8.02. The molecule has 0 N–H and O–H groups in total. The highest BCUT2D eigenvalue weighted by Crippen LogP contribution is 2.29. The van der Waals surface area contributed by atoms with Gasteiger partial charge in [0.2, 0.25) is 0 Å². The molecule has 0 aliphatic rings. The van der Waals surface area contributed by atoms with Gasteiger partial charge in [0.1, 0.15) is 5.82 Å². The van der Waals surface area contributed by atoms with Crippen LogP contribution in [0.4, 0.5) is 0 Å². The van der Waals surface area contributed by atoms with Gasteiger partial charge >= 0.3 is 0 Å². The molecule has 5 heteroatoms. The molecule has 21 heavy (non-hydrogen) atoms. The van der Waals surface area contributed by atoms with Crippen molar-refractivity contribution in [3.8, 4) is 0 Å². The molecule has 0 fully saturated rings. The summed E-state index contributed by atoms with van der Waals surface area (Å²) >= 11 is 12.6. The van der Waals surface area contributed by atoms with E-state index in [-0.39, 0.29) is 5.38 Å². The molecule has 0 aliphatic carbocycles. The van der Waals surface area contributed by atoms with Crippen molar-refractivity contribution in [2.45, 2.75) is 45.0 Å². The molecule has 0 aliphatic heterocycles. The number of unbranched alkanes of at least 4 members (excludes halogenated alkanes) is 1. The van der Waals surface area contributed by atoms with Crippen LogP contribution in [0.2, 0.25) is 5.02 Å². The fraction of sp³-hybridized carbons (Fsp3) is 0.562. The Morgan fingerprint density at radius 3 is 2.76 bits per heavy atom. The Morgan fingerprint density at radius 1 is 1.29 bits per heavy atom. The predicted molar refractivity (Wildman–Crippen MR) is 89.4 cm³/mol. The number of fused-ring (bicyclic) bond motifs is 1.